The van der Waals surface area contributed by atoms with Gasteiger partial charge in [0.05, 0.1) is 36.6 Å². The van der Waals surface area contributed by atoms with E-state index in [0.717, 1.165) is 93.6 Å². The number of fused-ring (bicyclic) bond motifs is 2. The number of carboxylic acids is 1. The quantitative estimate of drug-likeness (QED) is 0.182. The van der Waals surface area contributed by atoms with Crippen molar-refractivity contribution in [3.63, 3.8) is 0 Å². The molecule has 2 aromatic heterocycles. The second-order valence-corrected chi connectivity index (χ2v) is 14.2. The zero-order valence-corrected chi connectivity index (χ0v) is 29.1. The molecule has 0 amide bonds. The van der Waals surface area contributed by atoms with Gasteiger partial charge >= 0.3 is 5.97 Å². The lowest BCUT2D eigenvalue weighted by molar-refractivity contribution is -0.141. The van der Waals surface area contributed by atoms with Crippen LogP contribution in [0.4, 0.5) is 0 Å². The van der Waals surface area contributed by atoms with Crippen LogP contribution in [0.5, 0.6) is 5.88 Å². The monoisotopic (exact) mass is 683 g/mol. The Morgan fingerprint density at radius 3 is 2.45 bits per heavy atom. The van der Waals surface area contributed by atoms with Crippen LogP contribution >= 0.6 is 0 Å². The first-order valence-electron chi connectivity index (χ1n) is 17.7. The van der Waals surface area contributed by atoms with Crippen molar-refractivity contribution >= 4 is 16.9 Å². The standard InChI is InChI=1S/C41H41N5O5/c1-23-28(6-4-8-30(23)35-19-43-36(40(44-35)50-3)22-45-14-13-27(47)21-45)29-7-5-9-31(24(29)2)38-17-26-16-33-32(34(18-42)39(26)51-38)10-11-37(33)46-15-12-25(20-46)41(48)49/h4-9,16-17,19,25,27,37,47H,10-15,20-22H2,1-3H3,(H,48,49)/t25-,27-,37?/m1/s1. The number of carboxylic acid groups (broad SMARTS) is 1. The van der Waals surface area contributed by atoms with Crippen LogP contribution in [-0.2, 0) is 17.8 Å². The maximum absolute atomic E-state index is 11.7. The van der Waals surface area contributed by atoms with E-state index in [0.29, 0.717) is 48.8 Å². The smallest absolute Gasteiger partial charge is 0.307 e. The second kappa shape index (κ2) is 13.2. The van der Waals surface area contributed by atoms with E-state index in [2.05, 4.69) is 60.0 Å². The molecular weight excluding hydrogens is 642 g/mol. The summed E-state index contributed by atoms with van der Waals surface area (Å²) in [6, 6.07) is 19.2. The molecule has 3 aliphatic rings. The molecule has 0 radical (unpaired) electrons. The molecule has 10 heteroatoms. The number of carbonyl (C=O) groups is 1. The van der Waals surface area contributed by atoms with Crippen LogP contribution < -0.4 is 4.74 Å². The van der Waals surface area contributed by atoms with Gasteiger partial charge < -0.3 is 19.4 Å². The molecule has 10 nitrogen and oxygen atoms in total. The fourth-order valence-corrected chi connectivity index (χ4v) is 8.51. The summed E-state index contributed by atoms with van der Waals surface area (Å²) in [5, 5.41) is 30.8. The van der Waals surface area contributed by atoms with Crippen LogP contribution in [0, 0.1) is 31.1 Å². The molecule has 1 aliphatic carbocycles. The molecule has 4 heterocycles. The number of aromatic nitrogens is 2. The van der Waals surface area contributed by atoms with E-state index in [1.807, 2.05) is 18.2 Å². The first kappa shape index (κ1) is 33.1. The molecule has 2 aliphatic heterocycles. The SMILES string of the molecule is COc1nc(-c2cccc(-c3cccc(-c4cc5cc6c(c(C#N)c5o4)CCC6N4CC[C@@H](C(=O)O)C4)c3C)c2C)cnc1CN1CC[C@@H](O)C1. The number of aliphatic hydroxyl groups is 1. The van der Waals surface area contributed by atoms with Crippen LogP contribution in [0.25, 0.3) is 44.7 Å². The summed E-state index contributed by atoms with van der Waals surface area (Å²) in [5.41, 5.74) is 11.0. The predicted octanol–water partition coefficient (Wildman–Crippen LogP) is 6.68. The molecule has 5 aromatic rings. The molecular formula is C41H41N5O5. The number of hydrogen-bond acceptors (Lipinski definition) is 9. The molecule has 2 fully saturated rings. The van der Waals surface area contributed by atoms with Crippen molar-refractivity contribution in [2.45, 2.75) is 58.2 Å². The topological polar surface area (TPSA) is 136 Å². The van der Waals surface area contributed by atoms with Crippen molar-refractivity contribution in [1.82, 2.24) is 19.8 Å². The number of nitrogens with zero attached hydrogens (tertiary/aromatic N) is 5. The number of hydrogen-bond donors (Lipinski definition) is 2. The number of methoxy groups -OCH3 is 1. The van der Waals surface area contributed by atoms with Crippen LogP contribution in [0.3, 0.4) is 0 Å². The molecule has 0 bridgehead atoms. The Labute approximate surface area is 296 Å². The fourth-order valence-electron chi connectivity index (χ4n) is 8.51. The van der Waals surface area contributed by atoms with Gasteiger partial charge in [-0.25, -0.2) is 4.98 Å². The fraction of sp³-hybridized carbons (Fsp3) is 0.366. The van der Waals surface area contributed by atoms with E-state index < -0.39 is 5.97 Å². The van der Waals surface area contributed by atoms with Gasteiger partial charge in [-0.05, 0) is 91.6 Å². The van der Waals surface area contributed by atoms with Crippen LogP contribution in [-0.4, -0.2) is 75.3 Å². The number of aliphatic hydroxyl groups excluding tert-OH is 1. The van der Waals surface area contributed by atoms with E-state index in [1.54, 1.807) is 13.3 Å². The van der Waals surface area contributed by atoms with Crippen LogP contribution in [0.2, 0.25) is 0 Å². The van der Waals surface area contributed by atoms with Gasteiger partial charge in [-0.1, -0.05) is 36.4 Å². The average Bonchev–Trinajstić information content (AvgIpc) is 3.94. The third kappa shape index (κ3) is 5.85. The molecule has 3 aromatic carbocycles. The van der Waals surface area contributed by atoms with E-state index in [-0.39, 0.29) is 18.1 Å². The number of rotatable bonds is 8. The maximum Gasteiger partial charge on any atom is 0.307 e. The minimum atomic E-state index is -0.735. The van der Waals surface area contributed by atoms with Crippen molar-refractivity contribution in [3.05, 3.63) is 88.2 Å². The van der Waals surface area contributed by atoms with Crippen molar-refractivity contribution < 1.29 is 24.2 Å². The predicted molar refractivity (Wildman–Crippen MR) is 193 cm³/mol. The number of nitriles is 1. The summed E-state index contributed by atoms with van der Waals surface area (Å²) in [6.45, 7) is 7.51. The molecule has 2 saturated heterocycles. The highest BCUT2D eigenvalue weighted by Crippen LogP contribution is 2.45. The average molecular weight is 684 g/mol. The number of furan rings is 1. The van der Waals surface area contributed by atoms with Gasteiger partial charge in [0.2, 0.25) is 5.88 Å². The van der Waals surface area contributed by atoms with Gasteiger partial charge in [-0.15, -0.1) is 0 Å². The van der Waals surface area contributed by atoms with Crippen molar-refractivity contribution in [2.24, 2.45) is 5.92 Å². The zero-order chi connectivity index (χ0) is 35.4. The Morgan fingerprint density at radius 2 is 1.76 bits per heavy atom. The van der Waals surface area contributed by atoms with Crippen LogP contribution in [0.1, 0.15) is 58.8 Å². The Balaban J connectivity index is 1.12. The molecule has 2 N–H and O–H groups in total. The molecule has 51 heavy (non-hydrogen) atoms. The summed E-state index contributed by atoms with van der Waals surface area (Å²) < 4.78 is 12.2. The van der Waals surface area contributed by atoms with E-state index in [1.165, 1.54) is 0 Å². The third-order valence-corrected chi connectivity index (χ3v) is 11.2. The minimum Gasteiger partial charge on any atom is -0.481 e. The van der Waals surface area contributed by atoms with Gasteiger partial charge in [-0.3, -0.25) is 19.6 Å². The number of benzene rings is 3. The molecule has 260 valence electrons. The molecule has 3 atom stereocenters. The lowest BCUT2D eigenvalue weighted by Crippen LogP contribution is -2.26. The maximum atomic E-state index is 11.7. The highest BCUT2D eigenvalue weighted by molar-refractivity contribution is 5.91. The molecule has 8 rings (SSSR count). The minimum absolute atomic E-state index is 0.111. The first-order valence-corrected chi connectivity index (χ1v) is 17.7. The van der Waals surface area contributed by atoms with Crippen molar-refractivity contribution in [2.75, 3.05) is 33.3 Å². The Bertz CT molecular complexity index is 2220. The lowest BCUT2D eigenvalue weighted by atomic mass is 9.90. The highest BCUT2D eigenvalue weighted by atomic mass is 16.5. The van der Waals surface area contributed by atoms with Crippen molar-refractivity contribution in [1.29, 1.82) is 5.26 Å². The third-order valence-electron chi connectivity index (χ3n) is 11.2. The molecule has 0 spiro atoms. The largest absolute Gasteiger partial charge is 0.481 e. The lowest BCUT2D eigenvalue weighted by Gasteiger charge is -2.24. The summed E-state index contributed by atoms with van der Waals surface area (Å²) >= 11 is 0. The Morgan fingerprint density at radius 1 is 1.02 bits per heavy atom. The summed E-state index contributed by atoms with van der Waals surface area (Å²) in [7, 11) is 1.61. The number of β-amino-alcohol motifs (C(OH)–C–C–N with tert-alkyl or cyclic N) is 1. The normalized spacial score (nSPS) is 20.6. The highest BCUT2D eigenvalue weighted by Gasteiger charge is 2.37. The van der Waals surface area contributed by atoms with Gasteiger partial charge in [0.15, 0.2) is 5.58 Å². The number of likely N-dealkylation sites (tertiary alicyclic amines) is 2. The van der Waals surface area contributed by atoms with Crippen molar-refractivity contribution in [3.8, 4) is 45.7 Å². The van der Waals surface area contributed by atoms with Gasteiger partial charge in [0.25, 0.3) is 0 Å². The van der Waals surface area contributed by atoms with E-state index >= 15 is 0 Å². The summed E-state index contributed by atoms with van der Waals surface area (Å²) in [4.78, 5) is 25.7. The number of aliphatic carboxylic acids is 1. The van der Waals surface area contributed by atoms with Gasteiger partial charge in [0.1, 0.15) is 17.5 Å². The molecule has 1 unspecified atom stereocenters. The Kier molecular flexibility index (Phi) is 8.58. The van der Waals surface area contributed by atoms with E-state index in [4.69, 9.17) is 19.1 Å². The Hall–Kier alpha value is -5.08. The van der Waals surface area contributed by atoms with Crippen LogP contribution in [0.15, 0.2) is 59.1 Å². The van der Waals surface area contributed by atoms with Gasteiger partial charge in [-0.2, -0.15) is 5.26 Å². The first-order chi connectivity index (χ1) is 24.7. The van der Waals surface area contributed by atoms with E-state index in [9.17, 15) is 20.3 Å². The summed E-state index contributed by atoms with van der Waals surface area (Å²) in [5.74, 6) is 0.117. The second-order valence-electron chi connectivity index (χ2n) is 14.2. The molecule has 0 saturated carbocycles. The number of ether oxygens (including phenoxy) is 1. The summed E-state index contributed by atoms with van der Waals surface area (Å²) in [6.07, 6.45) is 4.56. The van der Waals surface area contributed by atoms with Gasteiger partial charge in [0, 0.05) is 48.7 Å². The zero-order valence-electron chi connectivity index (χ0n) is 29.1.